The number of likely N-dealkylation sites (N-methyl/N-ethyl adjacent to an activating group) is 1. The summed E-state index contributed by atoms with van der Waals surface area (Å²) in [7, 11) is -2.35. The van der Waals surface area contributed by atoms with Crippen molar-refractivity contribution in [2.45, 2.75) is 4.90 Å². The largest absolute Gasteiger partial charge is 0.272 e. The number of benzene rings is 2. The summed E-state index contributed by atoms with van der Waals surface area (Å²) in [6.45, 7) is -0.324. The Balaban J connectivity index is 1.93. The Kier molecular flexibility index (Phi) is 6.24. The summed E-state index contributed by atoms with van der Waals surface area (Å²) in [6, 6.07) is 15.3. The molecule has 1 N–H and O–H groups in total. The van der Waals surface area contributed by atoms with Crippen LogP contribution >= 0.6 is 15.9 Å². The zero-order valence-corrected chi connectivity index (χ0v) is 15.3. The molecule has 2 rings (SSSR count). The lowest BCUT2D eigenvalue weighted by molar-refractivity contribution is -0.121. The van der Waals surface area contributed by atoms with Crippen LogP contribution < -0.4 is 5.43 Å². The smallest absolute Gasteiger partial charge is 0.255 e. The number of hydrazone groups is 1. The number of hydrogen-bond donors (Lipinski definition) is 1. The number of carbonyl (C=O) groups excluding carboxylic acids is 1. The number of sulfonamides is 1. The van der Waals surface area contributed by atoms with Crippen LogP contribution in [0.4, 0.5) is 0 Å². The van der Waals surface area contributed by atoms with Gasteiger partial charge in [-0.1, -0.05) is 46.3 Å². The average molecular weight is 410 g/mol. The van der Waals surface area contributed by atoms with Crippen molar-refractivity contribution < 1.29 is 13.2 Å². The molecule has 0 aliphatic rings. The first-order chi connectivity index (χ1) is 11.4. The first kappa shape index (κ1) is 18.3. The van der Waals surface area contributed by atoms with Crippen LogP contribution in [0.2, 0.25) is 0 Å². The number of halogens is 1. The lowest BCUT2D eigenvalue weighted by atomic mass is 10.2. The van der Waals surface area contributed by atoms with Crippen LogP contribution in [0.25, 0.3) is 0 Å². The summed E-state index contributed by atoms with van der Waals surface area (Å²) in [6.07, 6.45) is 1.48. The van der Waals surface area contributed by atoms with Crippen molar-refractivity contribution in [3.8, 4) is 0 Å². The van der Waals surface area contributed by atoms with Crippen molar-refractivity contribution in [1.29, 1.82) is 0 Å². The molecule has 0 radical (unpaired) electrons. The molecule has 0 spiro atoms. The summed E-state index contributed by atoms with van der Waals surface area (Å²) in [5.41, 5.74) is 3.12. The molecule has 2 aromatic carbocycles. The van der Waals surface area contributed by atoms with Crippen molar-refractivity contribution in [3.05, 3.63) is 64.6 Å². The van der Waals surface area contributed by atoms with E-state index in [0.717, 1.165) is 14.3 Å². The highest BCUT2D eigenvalue weighted by Crippen LogP contribution is 2.13. The number of rotatable bonds is 6. The maximum absolute atomic E-state index is 12.3. The summed E-state index contributed by atoms with van der Waals surface area (Å²) in [5.74, 6) is -0.523. The molecule has 0 saturated heterocycles. The number of amides is 1. The quantitative estimate of drug-likeness (QED) is 0.586. The van der Waals surface area contributed by atoms with Gasteiger partial charge in [0.25, 0.3) is 5.91 Å². The van der Waals surface area contributed by atoms with E-state index >= 15 is 0 Å². The number of carbonyl (C=O) groups is 1. The van der Waals surface area contributed by atoms with Gasteiger partial charge in [0.05, 0.1) is 17.7 Å². The van der Waals surface area contributed by atoms with Crippen molar-refractivity contribution in [3.63, 3.8) is 0 Å². The predicted molar refractivity (Wildman–Crippen MR) is 96.1 cm³/mol. The topological polar surface area (TPSA) is 78.8 Å². The molecule has 0 aromatic heterocycles. The van der Waals surface area contributed by atoms with Crippen LogP contribution in [0.5, 0.6) is 0 Å². The highest BCUT2D eigenvalue weighted by atomic mass is 79.9. The molecule has 6 nitrogen and oxygen atoms in total. The van der Waals surface area contributed by atoms with Gasteiger partial charge in [0, 0.05) is 11.5 Å². The molecule has 0 saturated carbocycles. The minimum atomic E-state index is -3.70. The molecule has 24 heavy (non-hydrogen) atoms. The van der Waals surface area contributed by atoms with Crippen LogP contribution in [0.3, 0.4) is 0 Å². The normalized spacial score (nSPS) is 11.8. The Morgan fingerprint density at radius 1 is 1.17 bits per heavy atom. The second kappa shape index (κ2) is 8.18. The van der Waals surface area contributed by atoms with Gasteiger partial charge >= 0.3 is 0 Å². The van der Waals surface area contributed by atoms with Gasteiger partial charge in [-0.3, -0.25) is 4.79 Å². The maximum atomic E-state index is 12.3. The van der Waals surface area contributed by atoms with Crippen molar-refractivity contribution in [2.75, 3.05) is 13.6 Å². The van der Waals surface area contributed by atoms with E-state index in [1.807, 2.05) is 24.3 Å². The second-order valence-corrected chi connectivity index (χ2v) is 7.88. The van der Waals surface area contributed by atoms with Crippen molar-refractivity contribution in [1.82, 2.24) is 9.73 Å². The SMILES string of the molecule is CN(CC(=O)N/N=C\c1ccc(Br)cc1)S(=O)(=O)c1ccccc1. The zero-order valence-electron chi connectivity index (χ0n) is 12.9. The first-order valence-electron chi connectivity index (χ1n) is 6.98. The lowest BCUT2D eigenvalue weighted by Gasteiger charge is -2.15. The monoisotopic (exact) mass is 409 g/mol. The Labute approximate surface area is 149 Å². The zero-order chi connectivity index (χ0) is 17.6. The molecule has 0 fully saturated rings. The van der Waals surface area contributed by atoms with Gasteiger partial charge in [-0.2, -0.15) is 9.41 Å². The van der Waals surface area contributed by atoms with Crippen LogP contribution in [0, 0.1) is 0 Å². The second-order valence-electron chi connectivity index (χ2n) is 4.92. The minimum absolute atomic E-state index is 0.138. The molecule has 0 bridgehead atoms. The van der Waals surface area contributed by atoms with E-state index in [9.17, 15) is 13.2 Å². The lowest BCUT2D eigenvalue weighted by Crippen LogP contribution is -2.36. The fourth-order valence-electron chi connectivity index (χ4n) is 1.82. The highest BCUT2D eigenvalue weighted by Gasteiger charge is 2.22. The van der Waals surface area contributed by atoms with Crippen molar-refractivity contribution >= 4 is 38.1 Å². The third kappa shape index (κ3) is 4.98. The standard InChI is InChI=1S/C16H16BrN3O3S/c1-20(24(22,23)15-5-3-2-4-6-15)12-16(21)19-18-11-13-7-9-14(17)10-8-13/h2-11H,12H2,1H3,(H,19,21)/b18-11-. The average Bonchev–Trinajstić information content (AvgIpc) is 2.57. The molecule has 126 valence electrons. The predicted octanol–water partition coefficient (Wildman–Crippen LogP) is 2.22. The summed E-state index contributed by atoms with van der Waals surface area (Å²) >= 11 is 3.33. The van der Waals surface area contributed by atoms with Gasteiger partial charge in [0.2, 0.25) is 10.0 Å². The summed E-state index contributed by atoms with van der Waals surface area (Å²) in [4.78, 5) is 12.0. The van der Waals surface area contributed by atoms with Gasteiger partial charge in [0.1, 0.15) is 0 Å². The molecule has 0 aliphatic heterocycles. The number of nitrogens with zero attached hydrogens (tertiary/aromatic N) is 2. The maximum Gasteiger partial charge on any atom is 0.255 e. The molecule has 0 heterocycles. The Hall–Kier alpha value is -2.03. The molecule has 1 amide bonds. The molecule has 8 heteroatoms. The third-order valence-electron chi connectivity index (χ3n) is 3.09. The molecule has 0 unspecified atom stereocenters. The van der Waals surface area contributed by atoms with E-state index in [2.05, 4.69) is 26.5 Å². The van der Waals surface area contributed by atoms with E-state index in [4.69, 9.17) is 0 Å². The molecular weight excluding hydrogens is 394 g/mol. The first-order valence-corrected chi connectivity index (χ1v) is 9.22. The fraction of sp³-hybridized carbons (Fsp3) is 0.125. The highest BCUT2D eigenvalue weighted by molar-refractivity contribution is 9.10. The number of hydrogen-bond acceptors (Lipinski definition) is 4. The van der Waals surface area contributed by atoms with E-state index in [0.29, 0.717) is 0 Å². The van der Waals surface area contributed by atoms with Gasteiger partial charge in [-0.05, 0) is 29.8 Å². The van der Waals surface area contributed by atoms with Crippen LogP contribution in [0.15, 0.2) is 69.1 Å². The number of nitrogens with one attached hydrogen (secondary N) is 1. The molecule has 0 aliphatic carbocycles. The van der Waals surface area contributed by atoms with Crippen LogP contribution in [-0.2, 0) is 14.8 Å². The van der Waals surface area contributed by atoms with E-state index in [1.54, 1.807) is 18.2 Å². The Bertz CT molecular complexity index is 821. The van der Waals surface area contributed by atoms with Gasteiger partial charge in [0.15, 0.2) is 0 Å². The van der Waals surface area contributed by atoms with E-state index in [1.165, 1.54) is 25.4 Å². The van der Waals surface area contributed by atoms with Gasteiger partial charge in [-0.15, -0.1) is 0 Å². The van der Waals surface area contributed by atoms with Gasteiger partial charge < -0.3 is 0 Å². The van der Waals surface area contributed by atoms with Gasteiger partial charge in [-0.25, -0.2) is 13.8 Å². The Morgan fingerprint density at radius 3 is 2.42 bits per heavy atom. The fourth-order valence-corrected chi connectivity index (χ4v) is 3.24. The van der Waals surface area contributed by atoms with Crippen LogP contribution in [-0.4, -0.2) is 38.4 Å². The van der Waals surface area contributed by atoms with Crippen molar-refractivity contribution in [2.24, 2.45) is 5.10 Å². The summed E-state index contributed by atoms with van der Waals surface area (Å²) in [5, 5.41) is 3.82. The molecule has 0 atom stereocenters. The third-order valence-corrected chi connectivity index (χ3v) is 5.44. The van der Waals surface area contributed by atoms with E-state index < -0.39 is 15.9 Å². The molecular formula is C16H16BrN3O3S. The molecule has 2 aromatic rings. The van der Waals surface area contributed by atoms with E-state index in [-0.39, 0.29) is 11.4 Å². The summed E-state index contributed by atoms with van der Waals surface area (Å²) < 4.78 is 26.5. The minimum Gasteiger partial charge on any atom is -0.272 e. The van der Waals surface area contributed by atoms with Crippen LogP contribution in [0.1, 0.15) is 5.56 Å². The Morgan fingerprint density at radius 2 is 1.79 bits per heavy atom.